The first-order valence-corrected chi connectivity index (χ1v) is 7.73. The molecule has 21 heavy (non-hydrogen) atoms. The van der Waals surface area contributed by atoms with E-state index in [9.17, 15) is 9.59 Å². The van der Waals surface area contributed by atoms with Crippen LogP contribution in [-0.2, 0) is 16.1 Å². The quantitative estimate of drug-likeness (QED) is 0.489. The summed E-state index contributed by atoms with van der Waals surface area (Å²) in [6, 6.07) is 9.12. The molecule has 0 bridgehead atoms. The van der Waals surface area contributed by atoms with Gasteiger partial charge in [-0.1, -0.05) is 36.8 Å². The molecule has 1 aliphatic carbocycles. The van der Waals surface area contributed by atoms with Crippen molar-refractivity contribution in [3.05, 3.63) is 35.9 Å². The Morgan fingerprint density at radius 1 is 1.24 bits per heavy atom. The van der Waals surface area contributed by atoms with Crippen molar-refractivity contribution < 1.29 is 14.3 Å². The molecule has 1 aliphatic heterocycles. The Morgan fingerprint density at radius 2 is 2.00 bits per heavy atom. The van der Waals surface area contributed by atoms with Crippen molar-refractivity contribution in [3.8, 4) is 0 Å². The van der Waals surface area contributed by atoms with Crippen LogP contribution in [0.3, 0.4) is 0 Å². The number of hydrogen-bond donors (Lipinski definition) is 0. The van der Waals surface area contributed by atoms with Gasteiger partial charge in [0, 0.05) is 6.04 Å². The van der Waals surface area contributed by atoms with Crippen molar-refractivity contribution in [2.45, 2.75) is 44.4 Å². The van der Waals surface area contributed by atoms with Gasteiger partial charge in [-0.05, 0) is 42.3 Å². The van der Waals surface area contributed by atoms with Crippen molar-refractivity contribution >= 4 is 22.9 Å². The summed E-state index contributed by atoms with van der Waals surface area (Å²) in [5.41, 5.74) is 0.938. The zero-order valence-electron chi connectivity index (χ0n) is 11.7. The SMILES string of the molecule is O=C(OCc1ccccc1)[C@@H]1C[C@@H]2CCC[C@@H]2N1C(=O)Cl. The first kappa shape index (κ1) is 14.4. The maximum atomic E-state index is 12.3. The minimum absolute atomic E-state index is 0.115. The van der Waals surface area contributed by atoms with Crippen LogP contribution in [0.5, 0.6) is 0 Å². The smallest absolute Gasteiger partial charge is 0.329 e. The maximum Gasteiger partial charge on any atom is 0.329 e. The Hall–Kier alpha value is -1.55. The second-order valence-corrected chi connectivity index (χ2v) is 6.09. The molecule has 4 nitrogen and oxygen atoms in total. The number of halogens is 1. The molecule has 3 rings (SSSR count). The van der Waals surface area contributed by atoms with Crippen LogP contribution >= 0.6 is 11.6 Å². The van der Waals surface area contributed by atoms with Crippen LogP contribution < -0.4 is 0 Å². The standard InChI is InChI=1S/C16H18ClNO3/c17-16(20)18-13-8-4-7-12(13)9-14(18)15(19)21-10-11-5-2-1-3-6-11/h1-3,5-6,12-14H,4,7-10H2/t12-,13-,14-/m0/s1. The van der Waals surface area contributed by atoms with E-state index in [1.807, 2.05) is 30.3 Å². The summed E-state index contributed by atoms with van der Waals surface area (Å²) in [4.78, 5) is 25.5. The van der Waals surface area contributed by atoms with Gasteiger partial charge in [0.25, 0.3) is 0 Å². The molecule has 0 aromatic heterocycles. The molecule has 0 N–H and O–H groups in total. The average Bonchev–Trinajstić information content (AvgIpc) is 3.05. The lowest BCUT2D eigenvalue weighted by molar-refractivity contribution is -0.149. The summed E-state index contributed by atoms with van der Waals surface area (Å²) >= 11 is 5.69. The maximum absolute atomic E-state index is 12.3. The van der Waals surface area contributed by atoms with Crippen LogP contribution in [0, 0.1) is 5.92 Å². The normalized spacial score (nSPS) is 27.5. The number of likely N-dealkylation sites (tertiary alicyclic amines) is 1. The Morgan fingerprint density at radius 3 is 2.71 bits per heavy atom. The highest BCUT2D eigenvalue weighted by Gasteiger charge is 2.48. The van der Waals surface area contributed by atoms with E-state index >= 15 is 0 Å². The first-order valence-electron chi connectivity index (χ1n) is 7.35. The molecule has 1 aromatic rings. The topological polar surface area (TPSA) is 46.6 Å². The number of esters is 1. The summed E-state index contributed by atoms with van der Waals surface area (Å²) in [7, 11) is 0. The number of benzene rings is 1. The highest BCUT2D eigenvalue weighted by atomic mass is 35.5. The van der Waals surface area contributed by atoms with E-state index in [1.54, 1.807) is 0 Å². The van der Waals surface area contributed by atoms with Crippen LogP contribution in [0.1, 0.15) is 31.2 Å². The number of amides is 1. The van der Waals surface area contributed by atoms with Crippen LogP contribution in [0.4, 0.5) is 4.79 Å². The molecule has 0 spiro atoms. The Kier molecular flexibility index (Phi) is 4.15. The summed E-state index contributed by atoms with van der Waals surface area (Å²) in [6.07, 6.45) is 3.78. The summed E-state index contributed by atoms with van der Waals surface area (Å²) in [6.45, 7) is 0.232. The molecular formula is C16H18ClNO3. The third-order valence-corrected chi connectivity index (χ3v) is 4.73. The molecule has 1 heterocycles. The molecule has 1 saturated heterocycles. The second kappa shape index (κ2) is 6.06. The van der Waals surface area contributed by atoms with Gasteiger partial charge in [-0.25, -0.2) is 4.79 Å². The van der Waals surface area contributed by atoms with Crippen molar-refractivity contribution in [1.29, 1.82) is 0 Å². The lowest BCUT2D eigenvalue weighted by atomic mass is 10.0. The predicted octanol–water partition coefficient (Wildman–Crippen LogP) is 3.33. The number of nitrogens with zero attached hydrogens (tertiary/aromatic N) is 1. The number of ether oxygens (including phenoxy) is 1. The first-order chi connectivity index (χ1) is 10.2. The van der Waals surface area contributed by atoms with E-state index in [-0.39, 0.29) is 18.6 Å². The van der Waals surface area contributed by atoms with Crippen LogP contribution in [0.15, 0.2) is 30.3 Å². The number of hydrogen-bond acceptors (Lipinski definition) is 3. The number of fused-ring (bicyclic) bond motifs is 1. The van der Waals surface area contributed by atoms with Crippen molar-refractivity contribution in [2.75, 3.05) is 0 Å². The highest BCUT2D eigenvalue weighted by molar-refractivity contribution is 6.63. The van der Waals surface area contributed by atoms with Crippen LogP contribution in [0.25, 0.3) is 0 Å². The minimum atomic E-state index is -0.536. The number of carbonyl (C=O) groups is 2. The molecular weight excluding hydrogens is 290 g/mol. The molecule has 0 unspecified atom stereocenters. The van der Waals surface area contributed by atoms with Gasteiger partial charge in [-0.2, -0.15) is 0 Å². The monoisotopic (exact) mass is 307 g/mol. The third kappa shape index (κ3) is 2.91. The predicted molar refractivity (Wildman–Crippen MR) is 78.9 cm³/mol. The van der Waals surface area contributed by atoms with E-state index in [0.717, 1.165) is 24.8 Å². The molecule has 3 atom stereocenters. The zero-order chi connectivity index (χ0) is 14.8. The molecule has 112 valence electrons. The van der Waals surface area contributed by atoms with E-state index in [0.29, 0.717) is 12.3 Å². The molecule has 1 saturated carbocycles. The lowest BCUT2D eigenvalue weighted by Crippen LogP contribution is -2.43. The van der Waals surface area contributed by atoms with E-state index in [4.69, 9.17) is 16.3 Å². The van der Waals surface area contributed by atoms with Gasteiger partial charge in [0.2, 0.25) is 0 Å². The van der Waals surface area contributed by atoms with Gasteiger partial charge in [-0.3, -0.25) is 4.79 Å². The Bertz CT molecular complexity index is 534. The van der Waals surface area contributed by atoms with Gasteiger partial charge in [-0.15, -0.1) is 0 Å². The van der Waals surface area contributed by atoms with Crippen LogP contribution in [-0.4, -0.2) is 28.3 Å². The molecule has 2 aliphatic rings. The molecule has 2 fully saturated rings. The second-order valence-electron chi connectivity index (χ2n) is 5.76. The fraction of sp³-hybridized carbons (Fsp3) is 0.500. The average molecular weight is 308 g/mol. The molecule has 5 heteroatoms. The summed E-state index contributed by atoms with van der Waals surface area (Å²) in [5, 5.41) is -0.536. The summed E-state index contributed by atoms with van der Waals surface area (Å²) in [5.74, 6) is 0.0456. The Labute approximate surface area is 129 Å². The van der Waals surface area contributed by atoms with Gasteiger partial charge < -0.3 is 9.64 Å². The third-order valence-electron chi connectivity index (χ3n) is 4.54. The van der Waals surface area contributed by atoms with Gasteiger partial charge in [0.15, 0.2) is 0 Å². The Balaban J connectivity index is 1.65. The molecule has 1 amide bonds. The number of carbonyl (C=O) groups excluding carboxylic acids is 2. The minimum Gasteiger partial charge on any atom is -0.459 e. The van der Waals surface area contributed by atoms with E-state index in [2.05, 4.69) is 0 Å². The fourth-order valence-corrected chi connectivity index (χ4v) is 3.82. The zero-order valence-corrected chi connectivity index (χ0v) is 12.5. The van der Waals surface area contributed by atoms with Gasteiger partial charge in [0.05, 0.1) is 0 Å². The van der Waals surface area contributed by atoms with Gasteiger partial charge >= 0.3 is 11.3 Å². The number of rotatable bonds is 3. The highest BCUT2D eigenvalue weighted by Crippen LogP contribution is 2.42. The summed E-state index contributed by atoms with van der Waals surface area (Å²) < 4.78 is 5.37. The van der Waals surface area contributed by atoms with E-state index in [1.165, 1.54) is 4.90 Å². The molecule has 1 aromatic carbocycles. The van der Waals surface area contributed by atoms with Crippen LogP contribution in [0.2, 0.25) is 0 Å². The largest absolute Gasteiger partial charge is 0.459 e. The van der Waals surface area contributed by atoms with E-state index < -0.39 is 11.4 Å². The molecule has 0 radical (unpaired) electrons. The van der Waals surface area contributed by atoms with Gasteiger partial charge in [0.1, 0.15) is 12.6 Å². The van der Waals surface area contributed by atoms with Crippen molar-refractivity contribution in [3.63, 3.8) is 0 Å². The van der Waals surface area contributed by atoms with Crippen molar-refractivity contribution in [2.24, 2.45) is 5.92 Å². The van der Waals surface area contributed by atoms with Crippen molar-refractivity contribution in [1.82, 2.24) is 4.90 Å². The fourth-order valence-electron chi connectivity index (χ4n) is 3.58. The lowest BCUT2D eigenvalue weighted by Gasteiger charge is -2.26.